The Morgan fingerprint density at radius 3 is 2.95 bits per heavy atom. The van der Waals surface area contributed by atoms with Crippen LogP contribution in [0.1, 0.15) is 18.4 Å². The van der Waals surface area contributed by atoms with Gasteiger partial charge < -0.3 is 16.0 Å². The Morgan fingerprint density at radius 2 is 2.18 bits per heavy atom. The summed E-state index contributed by atoms with van der Waals surface area (Å²) in [5, 5.41) is 2.92. The van der Waals surface area contributed by atoms with Crippen molar-refractivity contribution in [3.05, 3.63) is 35.9 Å². The van der Waals surface area contributed by atoms with E-state index in [0.717, 1.165) is 44.0 Å². The Balaban J connectivity index is 1.64. The maximum absolute atomic E-state index is 12.0. The van der Waals surface area contributed by atoms with Gasteiger partial charge in [-0.15, -0.1) is 0 Å². The number of carbonyl (C=O) groups is 1. The summed E-state index contributed by atoms with van der Waals surface area (Å²) in [6.45, 7) is 4.17. The SMILES string of the molecule is NCCNC(=O)C1CCCN(CCSCc2ccccc2)C1. The summed E-state index contributed by atoms with van der Waals surface area (Å²) in [5.41, 5.74) is 6.81. The van der Waals surface area contributed by atoms with E-state index in [1.54, 1.807) is 0 Å². The molecule has 122 valence electrons. The summed E-state index contributed by atoms with van der Waals surface area (Å²) in [4.78, 5) is 14.4. The van der Waals surface area contributed by atoms with Crippen LogP contribution < -0.4 is 11.1 Å². The molecule has 22 heavy (non-hydrogen) atoms. The molecule has 0 spiro atoms. The van der Waals surface area contributed by atoms with Crippen molar-refractivity contribution in [3.63, 3.8) is 0 Å². The van der Waals surface area contributed by atoms with Gasteiger partial charge in [-0.05, 0) is 24.9 Å². The molecule has 4 nitrogen and oxygen atoms in total. The maximum Gasteiger partial charge on any atom is 0.224 e. The highest BCUT2D eigenvalue weighted by molar-refractivity contribution is 7.98. The lowest BCUT2D eigenvalue weighted by Crippen LogP contribution is -2.44. The van der Waals surface area contributed by atoms with Crippen molar-refractivity contribution < 1.29 is 4.79 Å². The standard InChI is InChI=1S/C17H27N3OS/c18-8-9-19-17(21)16-7-4-10-20(13-16)11-12-22-14-15-5-2-1-3-6-15/h1-3,5-6,16H,4,7-14,18H2,(H,19,21). The number of carbonyl (C=O) groups excluding carboxylic acids is 1. The highest BCUT2D eigenvalue weighted by Crippen LogP contribution is 2.18. The number of hydrogen-bond acceptors (Lipinski definition) is 4. The van der Waals surface area contributed by atoms with Crippen LogP contribution in [-0.2, 0) is 10.5 Å². The fourth-order valence-corrected chi connectivity index (χ4v) is 3.73. The van der Waals surface area contributed by atoms with Gasteiger partial charge in [-0.25, -0.2) is 0 Å². The third-order valence-electron chi connectivity index (χ3n) is 3.98. The van der Waals surface area contributed by atoms with Gasteiger partial charge >= 0.3 is 0 Å². The van der Waals surface area contributed by atoms with Gasteiger partial charge in [0.15, 0.2) is 0 Å². The van der Waals surface area contributed by atoms with Crippen LogP contribution in [0.5, 0.6) is 0 Å². The van der Waals surface area contributed by atoms with Crippen LogP contribution in [0.2, 0.25) is 0 Å². The second kappa shape index (κ2) is 9.87. The summed E-state index contributed by atoms with van der Waals surface area (Å²) < 4.78 is 0. The Hall–Kier alpha value is -1.04. The van der Waals surface area contributed by atoms with Crippen LogP contribution in [0.3, 0.4) is 0 Å². The third-order valence-corrected chi connectivity index (χ3v) is 4.99. The fourth-order valence-electron chi connectivity index (χ4n) is 2.77. The van der Waals surface area contributed by atoms with Crippen molar-refractivity contribution >= 4 is 17.7 Å². The highest BCUT2D eigenvalue weighted by Gasteiger charge is 2.24. The van der Waals surface area contributed by atoms with Crippen LogP contribution in [0, 0.1) is 5.92 Å². The summed E-state index contributed by atoms with van der Waals surface area (Å²) in [5.74, 6) is 2.49. The van der Waals surface area contributed by atoms with E-state index in [2.05, 4.69) is 40.5 Å². The summed E-state index contributed by atoms with van der Waals surface area (Å²) in [6.07, 6.45) is 2.12. The van der Waals surface area contributed by atoms with Gasteiger partial charge in [0, 0.05) is 37.7 Å². The van der Waals surface area contributed by atoms with Crippen molar-refractivity contribution in [3.8, 4) is 0 Å². The Labute approximate surface area is 137 Å². The number of nitrogens with one attached hydrogen (secondary N) is 1. The average Bonchev–Trinajstić information content (AvgIpc) is 2.58. The second-order valence-electron chi connectivity index (χ2n) is 5.76. The molecule has 0 bridgehead atoms. The van der Waals surface area contributed by atoms with Crippen molar-refractivity contribution in [1.82, 2.24) is 10.2 Å². The number of rotatable bonds is 8. The summed E-state index contributed by atoms with van der Waals surface area (Å²) in [6, 6.07) is 10.6. The minimum Gasteiger partial charge on any atom is -0.355 e. The lowest BCUT2D eigenvalue weighted by Gasteiger charge is -2.31. The van der Waals surface area contributed by atoms with Gasteiger partial charge in [0.2, 0.25) is 5.91 Å². The molecule has 1 amide bonds. The zero-order valence-electron chi connectivity index (χ0n) is 13.2. The van der Waals surface area contributed by atoms with Gasteiger partial charge in [0.25, 0.3) is 0 Å². The zero-order valence-corrected chi connectivity index (χ0v) is 14.0. The molecule has 5 heteroatoms. The number of piperidine rings is 1. The van der Waals surface area contributed by atoms with Crippen LogP contribution >= 0.6 is 11.8 Å². The van der Waals surface area contributed by atoms with Crippen molar-refractivity contribution in [1.29, 1.82) is 0 Å². The van der Waals surface area contributed by atoms with E-state index in [-0.39, 0.29) is 11.8 Å². The predicted octanol–water partition coefficient (Wildman–Crippen LogP) is 1.71. The molecule has 3 N–H and O–H groups in total. The molecule has 1 saturated heterocycles. The number of nitrogens with two attached hydrogens (primary N) is 1. The largest absolute Gasteiger partial charge is 0.355 e. The first-order valence-electron chi connectivity index (χ1n) is 8.11. The lowest BCUT2D eigenvalue weighted by molar-refractivity contribution is -0.126. The molecule has 1 heterocycles. The van der Waals surface area contributed by atoms with Gasteiger partial charge in [-0.3, -0.25) is 4.79 Å². The van der Waals surface area contributed by atoms with E-state index >= 15 is 0 Å². The van der Waals surface area contributed by atoms with Crippen LogP contribution in [0.4, 0.5) is 0 Å². The number of hydrogen-bond donors (Lipinski definition) is 2. The minimum absolute atomic E-state index is 0.138. The van der Waals surface area contributed by atoms with E-state index in [1.165, 1.54) is 5.56 Å². The average molecular weight is 321 g/mol. The molecule has 0 aliphatic carbocycles. The molecule has 1 atom stereocenters. The molecule has 0 aromatic heterocycles. The minimum atomic E-state index is 0.138. The fraction of sp³-hybridized carbons (Fsp3) is 0.588. The van der Waals surface area contributed by atoms with Crippen molar-refractivity contribution in [2.24, 2.45) is 11.7 Å². The number of likely N-dealkylation sites (tertiary alicyclic amines) is 1. The number of amides is 1. The normalized spacial score (nSPS) is 19.0. The first kappa shape index (κ1) is 17.3. The maximum atomic E-state index is 12.0. The molecule has 0 saturated carbocycles. The Kier molecular flexibility index (Phi) is 7.77. The van der Waals surface area contributed by atoms with E-state index < -0.39 is 0 Å². The zero-order chi connectivity index (χ0) is 15.6. The van der Waals surface area contributed by atoms with Crippen LogP contribution in [-0.4, -0.2) is 49.3 Å². The highest BCUT2D eigenvalue weighted by atomic mass is 32.2. The van der Waals surface area contributed by atoms with Crippen molar-refractivity contribution in [2.45, 2.75) is 18.6 Å². The van der Waals surface area contributed by atoms with Gasteiger partial charge in [-0.2, -0.15) is 11.8 Å². The van der Waals surface area contributed by atoms with Crippen molar-refractivity contribution in [2.75, 3.05) is 38.5 Å². The monoisotopic (exact) mass is 321 g/mol. The molecular formula is C17H27N3OS. The molecule has 0 radical (unpaired) electrons. The summed E-state index contributed by atoms with van der Waals surface area (Å²) >= 11 is 1.96. The van der Waals surface area contributed by atoms with Gasteiger partial charge in [-0.1, -0.05) is 30.3 Å². The van der Waals surface area contributed by atoms with Crippen LogP contribution in [0.25, 0.3) is 0 Å². The predicted molar refractivity (Wildman–Crippen MR) is 93.8 cm³/mol. The van der Waals surface area contributed by atoms with Gasteiger partial charge in [0.05, 0.1) is 5.92 Å². The molecule has 1 aliphatic rings. The molecule has 1 fully saturated rings. The lowest BCUT2D eigenvalue weighted by atomic mass is 9.97. The quantitative estimate of drug-likeness (QED) is 0.716. The molecule has 2 rings (SSSR count). The summed E-state index contributed by atoms with van der Waals surface area (Å²) in [7, 11) is 0. The molecule has 1 aromatic carbocycles. The van der Waals surface area contributed by atoms with E-state index in [1.807, 2.05) is 11.8 Å². The number of benzene rings is 1. The van der Waals surface area contributed by atoms with Crippen LogP contribution in [0.15, 0.2) is 30.3 Å². The molecule has 1 aliphatic heterocycles. The Bertz CT molecular complexity index is 441. The van der Waals surface area contributed by atoms with E-state index in [9.17, 15) is 4.79 Å². The topological polar surface area (TPSA) is 58.4 Å². The van der Waals surface area contributed by atoms with Gasteiger partial charge in [0.1, 0.15) is 0 Å². The smallest absolute Gasteiger partial charge is 0.224 e. The third kappa shape index (κ3) is 5.99. The first-order valence-corrected chi connectivity index (χ1v) is 9.27. The molecular weight excluding hydrogens is 294 g/mol. The van der Waals surface area contributed by atoms with E-state index in [4.69, 9.17) is 5.73 Å². The second-order valence-corrected chi connectivity index (χ2v) is 6.86. The van der Waals surface area contributed by atoms with E-state index in [0.29, 0.717) is 13.1 Å². The number of nitrogens with zero attached hydrogens (tertiary/aromatic N) is 1. The molecule has 1 aromatic rings. The number of thioether (sulfide) groups is 1. The Morgan fingerprint density at radius 1 is 1.36 bits per heavy atom. The first-order chi connectivity index (χ1) is 10.8. The molecule has 1 unspecified atom stereocenters.